The third-order valence-corrected chi connectivity index (χ3v) is 3.70. The average molecular weight is 308 g/mol. The average Bonchev–Trinajstić information content (AvgIpc) is 3.21. The predicted octanol–water partition coefficient (Wildman–Crippen LogP) is 3.79. The van der Waals surface area contributed by atoms with E-state index in [2.05, 4.69) is 15.3 Å². The van der Waals surface area contributed by atoms with Gasteiger partial charge in [0, 0.05) is 29.9 Å². The van der Waals surface area contributed by atoms with Crippen LogP contribution in [0.15, 0.2) is 46.5 Å². The molecule has 0 aliphatic heterocycles. The van der Waals surface area contributed by atoms with Gasteiger partial charge in [-0.25, -0.2) is 0 Å². The summed E-state index contributed by atoms with van der Waals surface area (Å²) >= 11 is 1.62. The number of thiophene rings is 1. The molecule has 108 valence electrons. The van der Waals surface area contributed by atoms with Crippen molar-refractivity contribution in [3.63, 3.8) is 0 Å². The molecule has 3 heterocycles. The lowest BCUT2D eigenvalue weighted by Gasteiger charge is -2.01. The second kappa shape index (κ2) is 6.70. The van der Waals surface area contributed by atoms with Gasteiger partial charge in [-0.3, -0.25) is 4.98 Å². The van der Waals surface area contributed by atoms with Crippen LogP contribution < -0.4 is 5.32 Å². The Morgan fingerprint density at radius 1 is 1.32 bits per heavy atom. The van der Waals surface area contributed by atoms with Crippen molar-refractivity contribution >= 4 is 29.4 Å². The number of pyridine rings is 1. The van der Waals surface area contributed by atoms with Gasteiger partial charge in [0.1, 0.15) is 6.07 Å². The molecule has 0 spiro atoms. The first kappa shape index (κ1) is 14.0. The molecule has 0 atom stereocenters. The first-order valence-electron chi connectivity index (χ1n) is 6.60. The van der Waals surface area contributed by atoms with Gasteiger partial charge in [0.05, 0.1) is 0 Å². The third kappa shape index (κ3) is 3.40. The number of nitrogens with zero attached hydrogens (tertiary/aromatic N) is 3. The molecule has 3 rings (SSSR count). The van der Waals surface area contributed by atoms with Crippen LogP contribution in [-0.2, 0) is 6.54 Å². The number of nitriles is 1. The van der Waals surface area contributed by atoms with E-state index < -0.39 is 0 Å². The smallest absolute Gasteiger partial charge is 0.232 e. The van der Waals surface area contributed by atoms with Gasteiger partial charge in [0.2, 0.25) is 17.5 Å². The summed E-state index contributed by atoms with van der Waals surface area (Å²) in [5, 5.41) is 14.2. The highest BCUT2D eigenvalue weighted by Crippen LogP contribution is 2.20. The van der Waals surface area contributed by atoms with Crippen LogP contribution in [0.25, 0.3) is 12.2 Å². The minimum absolute atomic E-state index is 0.245. The molecule has 0 aliphatic carbocycles. The molecule has 0 saturated heterocycles. The molecule has 22 heavy (non-hydrogen) atoms. The number of hydrogen-bond donors (Lipinski definition) is 1. The Labute approximate surface area is 131 Å². The highest BCUT2D eigenvalue weighted by Gasteiger charge is 2.11. The Morgan fingerprint density at radius 2 is 2.27 bits per heavy atom. The van der Waals surface area contributed by atoms with Crippen LogP contribution >= 0.6 is 11.3 Å². The number of hydrogen-bond acceptors (Lipinski definition) is 6. The van der Waals surface area contributed by atoms with Crippen molar-refractivity contribution in [2.45, 2.75) is 6.54 Å². The van der Waals surface area contributed by atoms with Crippen LogP contribution in [-0.4, -0.2) is 9.97 Å². The number of rotatable bonds is 5. The summed E-state index contributed by atoms with van der Waals surface area (Å²) in [4.78, 5) is 9.29. The van der Waals surface area contributed by atoms with E-state index in [1.54, 1.807) is 29.8 Å². The summed E-state index contributed by atoms with van der Waals surface area (Å²) in [6.45, 7) is 0.520. The number of aromatic nitrogens is 2. The highest BCUT2D eigenvalue weighted by molar-refractivity contribution is 7.10. The standard InChI is InChI=1S/C16H12N4OS/c17-9-14-16(19-11-12-3-1-7-18-10-12)21-15(20-14)6-5-13-4-2-8-22-13/h1-8,10,19H,11H2/b6-5+. The van der Waals surface area contributed by atoms with E-state index >= 15 is 0 Å². The summed E-state index contributed by atoms with van der Waals surface area (Å²) in [6.07, 6.45) is 7.13. The molecule has 0 aliphatic rings. The maximum atomic E-state index is 9.13. The number of oxazole rings is 1. The van der Waals surface area contributed by atoms with Gasteiger partial charge in [0.15, 0.2) is 0 Å². The molecule has 0 saturated carbocycles. The molecule has 0 bridgehead atoms. The van der Waals surface area contributed by atoms with E-state index in [0.717, 1.165) is 10.4 Å². The van der Waals surface area contributed by atoms with Gasteiger partial charge in [-0.1, -0.05) is 12.1 Å². The highest BCUT2D eigenvalue weighted by atomic mass is 32.1. The summed E-state index contributed by atoms with van der Waals surface area (Å²) in [5.41, 5.74) is 1.24. The molecule has 0 amide bonds. The van der Waals surface area contributed by atoms with E-state index in [9.17, 15) is 0 Å². The van der Waals surface area contributed by atoms with Crippen molar-refractivity contribution < 1.29 is 4.42 Å². The van der Waals surface area contributed by atoms with Gasteiger partial charge in [-0.15, -0.1) is 11.3 Å². The van der Waals surface area contributed by atoms with E-state index in [1.807, 2.05) is 41.8 Å². The molecule has 3 aromatic heterocycles. The lowest BCUT2D eigenvalue weighted by molar-refractivity contribution is 0.557. The van der Waals surface area contributed by atoms with E-state index in [-0.39, 0.29) is 5.69 Å². The van der Waals surface area contributed by atoms with E-state index in [1.165, 1.54) is 0 Å². The monoisotopic (exact) mass is 308 g/mol. The molecule has 3 aromatic rings. The van der Waals surface area contributed by atoms with Crippen LogP contribution in [0.3, 0.4) is 0 Å². The normalized spacial score (nSPS) is 10.7. The van der Waals surface area contributed by atoms with Crippen molar-refractivity contribution in [1.82, 2.24) is 9.97 Å². The zero-order valence-electron chi connectivity index (χ0n) is 11.6. The molecular weight excluding hydrogens is 296 g/mol. The predicted molar refractivity (Wildman–Crippen MR) is 86.0 cm³/mol. The van der Waals surface area contributed by atoms with E-state index in [0.29, 0.717) is 18.3 Å². The van der Waals surface area contributed by atoms with Crippen molar-refractivity contribution in [2.75, 3.05) is 5.32 Å². The second-order valence-corrected chi connectivity index (χ2v) is 5.38. The molecule has 6 heteroatoms. The Hall–Kier alpha value is -2.91. The van der Waals surface area contributed by atoms with E-state index in [4.69, 9.17) is 9.68 Å². The van der Waals surface area contributed by atoms with Gasteiger partial charge in [-0.2, -0.15) is 10.2 Å². The number of anilines is 1. The van der Waals surface area contributed by atoms with Crippen molar-refractivity contribution in [3.8, 4) is 6.07 Å². The van der Waals surface area contributed by atoms with Crippen LogP contribution in [0.1, 0.15) is 22.0 Å². The summed E-state index contributed by atoms with van der Waals surface area (Å²) in [7, 11) is 0. The van der Waals surface area contributed by atoms with Crippen LogP contribution in [0.2, 0.25) is 0 Å². The Morgan fingerprint density at radius 3 is 3.00 bits per heavy atom. The maximum Gasteiger partial charge on any atom is 0.232 e. The van der Waals surface area contributed by atoms with Gasteiger partial charge >= 0.3 is 0 Å². The second-order valence-electron chi connectivity index (χ2n) is 4.41. The van der Waals surface area contributed by atoms with Crippen LogP contribution in [0.4, 0.5) is 5.88 Å². The third-order valence-electron chi connectivity index (χ3n) is 2.86. The Kier molecular flexibility index (Phi) is 4.27. The first-order chi connectivity index (χ1) is 10.8. The summed E-state index contributed by atoms with van der Waals surface area (Å²) < 4.78 is 5.58. The fourth-order valence-electron chi connectivity index (χ4n) is 1.83. The topological polar surface area (TPSA) is 74.7 Å². The Balaban J connectivity index is 1.73. The SMILES string of the molecule is N#Cc1nc(/C=C/c2cccs2)oc1NCc1cccnc1. The minimum Gasteiger partial charge on any atom is -0.420 e. The number of nitrogens with one attached hydrogen (secondary N) is 1. The van der Waals surface area contributed by atoms with Gasteiger partial charge in [-0.05, 0) is 29.2 Å². The molecule has 0 radical (unpaired) electrons. The lowest BCUT2D eigenvalue weighted by atomic mass is 10.3. The van der Waals surface area contributed by atoms with Crippen molar-refractivity contribution in [2.24, 2.45) is 0 Å². The largest absolute Gasteiger partial charge is 0.420 e. The fraction of sp³-hybridized carbons (Fsp3) is 0.0625. The lowest BCUT2D eigenvalue weighted by Crippen LogP contribution is -1.99. The Bertz CT molecular complexity index is 801. The minimum atomic E-state index is 0.245. The molecule has 0 fully saturated rings. The molecule has 5 nitrogen and oxygen atoms in total. The fourth-order valence-corrected chi connectivity index (χ4v) is 2.45. The summed E-state index contributed by atoms with van der Waals surface area (Å²) in [6, 6.07) is 9.81. The summed E-state index contributed by atoms with van der Waals surface area (Å²) in [5.74, 6) is 0.774. The van der Waals surface area contributed by atoms with Crippen molar-refractivity contribution in [1.29, 1.82) is 5.26 Å². The van der Waals surface area contributed by atoms with Crippen LogP contribution in [0, 0.1) is 11.3 Å². The molecule has 1 N–H and O–H groups in total. The first-order valence-corrected chi connectivity index (χ1v) is 7.48. The molecular formula is C16H12N4OS. The van der Waals surface area contributed by atoms with Crippen LogP contribution in [0.5, 0.6) is 0 Å². The van der Waals surface area contributed by atoms with Crippen molar-refractivity contribution in [3.05, 3.63) is 64.1 Å². The zero-order valence-corrected chi connectivity index (χ0v) is 12.4. The molecule has 0 unspecified atom stereocenters. The van der Waals surface area contributed by atoms with Gasteiger partial charge in [0.25, 0.3) is 0 Å². The van der Waals surface area contributed by atoms with Gasteiger partial charge < -0.3 is 9.73 Å². The zero-order chi connectivity index (χ0) is 15.2. The quantitative estimate of drug-likeness (QED) is 0.776. The molecule has 0 aromatic carbocycles. The maximum absolute atomic E-state index is 9.13.